The van der Waals surface area contributed by atoms with Crippen molar-refractivity contribution in [3.63, 3.8) is 0 Å². The molecule has 0 radical (unpaired) electrons. The zero-order valence-electron chi connectivity index (χ0n) is 15.6. The van der Waals surface area contributed by atoms with Crippen LogP contribution in [-0.4, -0.2) is 54.9 Å². The Kier molecular flexibility index (Phi) is 4.79. The Morgan fingerprint density at radius 3 is 2.74 bits per heavy atom. The molecule has 0 N–H and O–H groups in total. The van der Waals surface area contributed by atoms with Crippen LogP contribution >= 0.6 is 0 Å². The van der Waals surface area contributed by atoms with Gasteiger partial charge in [-0.05, 0) is 36.6 Å². The molecule has 1 aromatic carbocycles. The van der Waals surface area contributed by atoms with Gasteiger partial charge >= 0.3 is 0 Å². The van der Waals surface area contributed by atoms with Crippen LogP contribution in [0.1, 0.15) is 28.8 Å². The first-order chi connectivity index (χ1) is 13.1. The highest BCUT2D eigenvalue weighted by Gasteiger charge is 2.25. The summed E-state index contributed by atoms with van der Waals surface area (Å²) in [5, 5.41) is 0. The molecule has 1 fully saturated rings. The first-order valence-corrected chi connectivity index (χ1v) is 9.48. The summed E-state index contributed by atoms with van der Waals surface area (Å²) in [6.07, 6.45) is 4.16. The normalized spacial score (nSPS) is 16.0. The highest BCUT2D eigenvalue weighted by molar-refractivity contribution is 6.07. The van der Waals surface area contributed by atoms with Gasteiger partial charge in [0.2, 0.25) is 5.91 Å². The minimum atomic E-state index is -0.00989. The maximum Gasteiger partial charge on any atom is 0.259 e. The summed E-state index contributed by atoms with van der Waals surface area (Å²) in [6, 6.07) is 11.8. The molecular formula is C21H24N4O2. The van der Waals surface area contributed by atoms with Crippen LogP contribution in [0.2, 0.25) is 0 Å². The van der Waals surface area contributed by atoms with E-state index in [0.717, 1.165) is 37.4 Å². The summed E-state index contributed by atoms with van der Waals surface area (Å²) >= 11 is 0. The van der Waals surface area contributed by atoms with Gasteiger partial charge in [-0.2, -0.15) is 0 Å². The molecule has 0 atom stereocenters. The molecule has 27 heavy (non-hydrogen) atoms. The fraction of sp³-hybridized carbons (Fsp3) is 0.381. The average Bonchev–Trinajstić information content (AvgIpc) is 3.31. The minimum Gasteiger partial charge on any atom is -0.358 e. The van der Waals surface area contributed by atoms with Crippen LogP contribution in [0.5, 0.6) is 0 Å². The lowest BCUT2D eigenvalue weighted by Gasteiger charge is -2.23. The largest absolute Gasteiger partial charge is 0.358 e. The molecule has 0 saturated carbocycles. The smallest absolute Gasteiger partial charge is 0.259 e. The Balaban J connectivity index is 1.40. The molecule has 3 heterocycles. The number of rotatable bonds is 5. The number of amides is 2. The van der Waals surface area contributed by atoms with Crippen molar-refractivity contribution in [2.75, 3.05) is 43.0 Å². The summed E-state index contributed by atoms with van der Waals surface area (Å²) < 4.78 is 0. The fourth-order valence-electron chi connectivity index (χ4n) is 3.77. The van der Waals surface area contributed by atoms with Crippen LogP contribution in [0, 0.1) is 0 Å². The number of aromatic nitrogens is 1. The molecule has 0 unspecified atom stereocenters. The van der Waals surface area contributed by atoms with Crippen LogP contribution in [0.15, 0.2) is 42.6 Å². The number of carbonyl (C=O) groups is 2. The second-order valence-electron chi connectivity index (χ2n) is 7.15. The van der Waals surface area contributed by atoms with Gasteiger partial charge in [0.25, 0.3) is 5.91 Å². The van der Waals surface area contributed by atoms with Gasteiger partial charge < -0.3 is 14.7 Å². The van der Waals surface area contributed by atoms with Gasteiger partial charge in [-0.1, -0.05) is 18.2 Å². The lowest BCUT2D eigenvalue weighted by Crippen LogP contribution is -2.34. The molecule has 2 amide bonds. The number of nitrogens with zero attached hydrogens (tertiary/aromatic N) is 4. The van der Waals surface area contributed by atoms with Crippen molar-refractivity contribution in [1.29, 1.82) is 0 Å². The Labute approximate surface area is 159 Å². The molecule has 1 aromatic heterocycles. The summed E-state index contributed by atoms with van der Waals surface area (Å²) in [5.41, 5.74) is 2.81. The van der Waals surface area contributed by atoms with E-state index < -0.39 is 0 Å². The third-order valence-electron chi connectivity index (χ3n) is 5.39. The predicted octanol–water partition coefficient (Wildman–Crippen LogP) is 2.34. The summed E-state index contributed by atoms with van der Waals surface area (Å²) in [6.45, 7) is 3.00. The second kappa shape index (κ2) is 7.39. The van der Waals surface area contributed by atoms with Gasteiger partial charge in [0.05, 0.1) is 5.56 Å². The molecule has 6 heteroatoms. The lowest BCUT2D eigenvalue weighted by atomic mass is 10.2. The van der Waals surface area contributed by atoms with E-state index in [4.69, 9.17) is 0 Å². The first kappa shape index (κ1) is 17.5. The van der Waals surface area contributed by atoms with Gasteiger partial charge in [0.1, 0.15) is 5.82 Å². The molecule has 0 spiro atoms. The first-order valence-electron chi connectivity index (χ1n) is 9.48. The number of para-hydroxylation sites is 1. The number of likely N-dealkylation sites (tertiary alicyclic amines) is 1. The molecule has 6 nitrogen and oxygen atoms in total. The van der Waals surface area contributed by atoms with Crippen LogP contribution < -0.4 is 9.80 Å². The number of hydrogen-bond donors (Lipinski definition) is 0. The van der Waals surface area contributed by atoms with Gasteiger partial charge in [-0.3, -0.25) is 9.59 Å². The average molecular weight is 364 g/mol. The summed E-state index contributed by atoms with van der Waals surface area (Å²) in [7, 11) is 1.96. The Morgan fingerprint density at radius 2 is 2.00 bits per heavy atom. The third-order valence-corrected chi connectivity index (χ3v) is 5.39. The molecular weight excluding hydrogens is 340 g/mol. The van der Waals surface area contributed by atoms with E-state index in [1.54, 1.807) is 6.20 Å². The van der Waals surface area contributed by atoms with Crippen LogP contribution in [0.4, 0.5) is 11.5 Å². The van der Waals surface area contributed by atoms with E-state index in [-0.39, 0.29) is 11.8 Å². The van der Waals surface area contributed by atoms with Crippen molar-refractivity contribution >= 4 is 23.3 Å². The van der Waals surface area contributed by atoms with Crippen molar-refractivity contribution < 1.29 is 9.59 Å². The Hall–Kier alpha value is -2.89. The van der Waals surface area contributed by atoms with Crippen molar-refractivity contribution in [1.82, 2.24) is 9.88 Å². The van der Waals surface area contributed by atoms with Crippen molar-refractivity contribution in [3.8, 4) is 0 Å². The maximum absolute atomic E-state index is 12.9. The fourth-order valence-corrected chi connectivity index (χ4v) is 3.77. The number of pyridine rings is 1. The molecule has 140 valence electrons. The van der Waals surface area contributed by atoms with Crippen LogP contribution in [0.3, 0.4) is 0 Å². The molecule has 2 aromatic rings. The van der Waals surface area contributed by atoms with Crippen LogP contribution in [-0.2, 0) is 11.2 Å². The Morgan fingerprint density at radius 1 is 1.15 bits per heavy atom. The van der Waals surface area contributed by atoms with Crippen LogP contribution in [0.25, 0.3) is 0 Å². The lowest BCUT2D eigenvalue weighted by molar-refractivity contribution is -0.127. The number of anilines is 2. The highest BCUT2D eigenvalue weighted by atomic mass is 16.2. The number of likely N-dealkylation sites (N-methyl/N-ethyl adjacent to an activating group) is 1. The molecule has 0 aliphatic carbocycles. The zero-order valence-corrected chi connectivity index (χ0v) is 15.6. The van der Waals surface area contributed by atoms with Crippen molar-refractivity contribution in [2.24, 2.45) is 0 Å². The zero-order chi connectivity index (χ0) is 18.8. The molecule has 0 bridgehead atoms. The molecule has 2 aliphatic rings. The third kappa shape index (κ3) is 3.52. The number of hydrogen-bond acceptors (Lipinski definition) is 4. The van der Waals surface area contributed by atoms with Gasteiger partial charge in [-0.15, -0.1) is 0 Å². The van der Waals surface area contributed by atoms with Crippen molar-refractivity contribution in [2.45, 2.75) is 19.3 Å². The van der Waals surface area contributed by atoms with Crippen molar-refractivity contribution in [3.05, 3.63) is 53.7 Å². The maximum atomic E-state index is 12.9. The number of carbonyl (C=O) groups excluding carboxylic acids is 2. The van der Waals surface area contributed by atoms with E-state index in [9.17, 15) is 9.59 Å². The van der Waals surface area contributed by atoms with Gasteiger partial charge in [0.15, 0.2) is 0 Å². The summed E-state index contributed by atoms with van der Waals surface area (Å²) in [4.78, 5) is 34.8. The van der Waals surface area contributed by atoms with E-state index in [2.05, 4.69) is 11.1 Å². The number of fused-ring (bicyclic) bond motifs is 1. The van der Waals surface area contributed by atoms with Gasteiger partial charge in [0, 0.05) is 51.5 Å². The van der Waals surface area contributed by atoms with E-state index in [1.165, 1.54) is 5.56 Å². The van der Waals surface area contributed by atoms with E-state index in [1.807, 2.05) is 52.1 Å². The van der Waals surface area contributed by atoms with E-state index in [0.29, 0.717) is 25.1 Å². The molecule has 2 aliphatic heterocycles. The highest BCUT2D eigenvalue weighted by Crippen LogP contribution is 2.28. The quantitative estimate of drug-likeness (QED) is 0.817. The topological polar surface area (TPSA) is 56.8 Å². The molecule has 1 saturated heterocycles. The monoisotopic (exact) mass is 364 g/mol. The minimum absolute atomic E-state index is 0.00989. The standard InChI is InChI=1S/C21H24N4O2/c1-23(13-14-24-11-4-7-20(24)26)19-9-8-17(15-22-19)21(27)25-12-10-16-5-2-3-6-18(16)25/h2-3,5-6,8-9,15H,4,7,10-14H2,1H3. The predicted molar refractivity (Wildman–Crippen MR) is 105 cm³/mol. The Bertz CT molecular complexity index is 850. The second-order valence-corrected chi connectivity index (χ2v) is 7.15. The van der Waals surface area contributed by atoms with Gasteiger partial charge in [-0.25, -0.2) is 4.98 Å². The summed E-state index contributed by atoms with van der Waals surface area (Å²) in [5.74, 6) is 1.03. The SMILES string of the molecule is CN(CCN1CCCC1=O)c1ccc(C(=O)N2CCc3ccccc32)cn1. The molecule has 4 rings (SSSR count). The van der Waals surface area contributed by atoms with E-state index >= 15 is 0 Å². The number of benzene rings is 1.